The van der Waals surface area contributed by atoms with Gasteiger partial charge < -0.3 is 9.15 Å². The van der Waals surface area contributed by atoms with Crippen LogP contribution < -0.4 is 5.56 Å². The summed E-state index contributed by atoms with van der Waals surface area (Å²) in [6.45, 7) is 3.58. The summed E-state index contributed by atoms with van der Waals surface area (Å²) in [4.78, 5) is 29.9. The molecule has 0 N–H and O–H groups in total. The molecule has 0 saturated heterocycles. The molecule has 0 aliphatic heterocycles. The molecule has 0 atom stereocenters. The average molecular weight is 404 g/mol. The Morgan fingerprint density at radius 1 is 1.17 bits per heavy atom. The van der Waals surface area contributed by atoms with Crippen molar-refractivity contribution < 1.29 is 13.9 Å². The van der Waals surface area contributed by atoms with E-state index in [-0.39, 0.29) is 17.9 Å². The van der Waals surface area contributed by atoms with Crippen molar-refractivity contribution in [3.63, 3.8) is 0 Å². The van der Waals surface area contributed by atoms with Crippen molar-refractivity contribution in [1.29, 1.82) is 0 Å². The molecule has 144 valence electrons. The minimum Gasteiger partial charge on any atom is -0.453 e. The maximum Gasteiger partial charge on any atom is 0.374 e. The van der Waals surface area contributed by atoms with Gasteiger partial charge in [-0.05, 0) is 19.2 Å². The maximum atomic E-state index is 12.7. The van der Waals surface area contributed by atoms with E-state index in [9.17, 15) is 9.59 Å². The Kier molecular flexibility index (Phi) is 3.99. The summed E-state index contributed by atoms with van der Waals surface area (Å²) in [5, 5.41) is 4.72. The average Bonchev–Trinajstić information content (AvgIpc) is 3.27. The van der Waals surface area contributed by atoms with Crippen molar-refractivity contribution in [1.82, 2.24) is 9.38 Å². The van der Waals surface area contributed by atoms with Crippen LogP contribution in [0.3, 0.4) is 0 Å². The number of ether oxygens (including phenoxy) is 1. The first-order valence-corrected chi connectivity index (χ1v) is 9.95. The van der Waals surface area contributed by atoms with Gasteiger partial charge in [0.25, 0.3) is 5.56 Å². The number of carbonyl (C=O) groups excluding carboxylic acids is 1. The second kappa shape index (κ2) is 6.56. The lowest BCUT2D eigenvalue weighted by atomic mass is 10.1. The van der Waals surface area contributed by atoms with Crippen LogP contribution in [0.2, 0.25) is 0 Å². The Bertz CT molecular complexity index is 1480. The predicted octanol–water partition coefficient (Wildman–Crippen LogP) is 4.63. The Labute approximate surface area is 169 Å². The molecular formula is C22H16N2O4S. The van der Waals surface area contributed by atoms with Gasteiger partial charge in [-0.1, -0.05) is 36.4 Å². The van der Waals surface area contributed by atoms with Gasteiger partial charge in [-0.3, -0.25) is 9.20 Å². The van der Waals surface area contributed by atoms with E-state index in [4.69, 9.17) is 9.15 Å². The van der Waals surface area contributed by atoms with Crippen LogP contribution in [0.25, 0.3) is 26.7 Å². The number of rotatable bonds is 3. The molecular weight excluding hydrogens is 388 g/mol. The van der Waals surface area contributed by atoms with E-state index >= 15 is 0 Å². The highest BCUT2D eigenvalue weighted by Gasteiger charge is 2.21. The van der Waals surface area contributed by atoms with E-state index in [0.29, 0.717) is 16.2 Å². The van der Waals surface area contributed by atoms with E-state index in [2.05, 4.69) is 4.98 Å². The zero-order valence-electron chi connectivity index (χ0n) is 15.8. The molecule has 0 aliphatic carbocycles. The molecule has 0 saturated carbocycles. The van der Waals surface area contributed by atoms with Crippen LogP contribution in [-0.2, 0) is 11.3 Å². The van der Waals surface area contributed by atoms with Crippen LogP contribution in [0, 0.1) is 13.8 Å². The second-order valence-corrected chi connectivity index (χ2v) is 7.71. The summed E-state index contributed by atoms with van der Waals surface area (Å²) in [7, 11) is 0. The molecule has 0 aliphatic rings. The van der Waals surface area contributed by atoms with Gasteiger partial charge >= 0.3 is 5.97 Å². The van der Waals surface area contributed by atoms with E-state index in [1.54, 1.807) is 0 Å². The molecule has 6 nitrogen and oxygen atoms in total. The fourth-order valence-corrected chi connectivity index (χ4v) is 4.41. The number of nitrogens with zero attached hydrogens (tertiary/aromatic N) is 2. The monoisotopic (exact) mass is 404 g/mol. The van der Waals surface area contributed by atoms with Gasteiger partial charge in [0, 0.05) is 33.5 Å². The summed E-state index contributed by atoms with van der Waals surface area (Å²) in [6.07, 6.45) is 0. The Morgan fingerprint density at radius 3 is 2.86 bits per heavy atom. The minimum absolute atomic E-state index is 0.0985. The molecule has 0 amide bonds. The number of benzene rings is 2. The van der Waals surface area contributed by atoms with E-state index < -0.39 is 5.97 Å². The number of hydrogen-bond donors (Lipinski definition) is 0. The third-order valence-corrected chi connectivity index (χ3v) is 5.94. The second-order valence-electron chi connectivity index (χ2n) is 6.88. The maximum absolute atomic E-state index is 12.7. The third-order valence-electron chi connectivity index (χ3n) is 4.99. The van der Waals surface area contributed by atoms with Crippen LogP contribution >= 0.6 is 11.3 Å². The van der Waals surface area contributed by atoms with E-state index in [1.165, 1.54) is 21.8 Å². The molecule has 3 heterocycles. The standard InChI is InChI=1S/C22H16N2O4S/c1-12-11-29-22-23-15(9-18(25)24(12)22)10-27-21(26)19-13(2)16-8-7-14-5-3-4-6-17(14)20(16)28-19/h3-9,11H,10H2,1-2H3. The van der Waals surface area contributed by atoms with Crippen molar-refractivity contribution in [2.75, 3.05) is 0 Å². The number of aryl methyl sites for hydroxylation is 2. The van der Waals surface area contributed by atoms with Crippen LogP contribution in [0.5, 0.6) is 0 Å². The Hall–Kier alpha value is -3.45. The lowest BCUT2D eigenvalue weighted by molar-refractivity contribution is 0.0433. The SMILES string of the molecule is Cc1c(C(=O)OCc2cc(=O)n3c(C)csc3n2)oc2c1ccc1ccccc12. The van der Waals surface area contributed by atoms with Gasteiger partial charge in [0.05, 0.1) is 5.69 Å². The van der Waals surface area contributed by atoms with Gasteiger partial charge in [-0.25, -0.2) is 9.78 Å². The molecule has 0 spiro atoms. The lowest BCUT2D eigenvalue weighted by Gasteiger charge is -2.04. The van der Waals surface area contributed by atoms with Crippen molar-refractivity contribution in [3.8, 4) is 0 Å². The number of aromatic nitrogens is 2. The first-order chi connectivity index (χ1) is 14.0. The predicted molar refractivity (Wildman–Crippen MR) is 112 cm³/mol. The number of furan rings is 1. The van der Waals surface area contributed by atoms with Crippen molar-refractivity contribution in [2.45, 2.75) is 20.5 Å². The van der Waals surface area contributed by atoms with Crippen molar-refractivity contribution in [3.05, 3.63) is 80.9 Å². The van der Waals surface area contributed by atoms with E-state index in [0.717, 1.165) is 27.4 Å². The summed E-state index contributed by atoms with van der Waals surface area (Å²) in [6, 6.07) is 13.2. The Balaban J connectivity index is 1.47. The van der Waals surface area contributed by atoms with Gasteiger partial charge in [0.15, 0.2) is 4.96 Å². The van der Waals surface area contributed by atoms with Crippen molar-refractivity contribution in [2.24, 2.45) is 0 Å². The smallest absolute Gasteiger partial charge is 0.374 e. The van der Waals surface area contributed by atoms with Gasteiger partial charge in [-0.2, -0.15) is 0 Å². The number of fused-ring (bicyclic) bond motifs is 4. The zero-order chi connectivity index (χ0) is 20.1. The first-order valence-electron chi connectivity index (χ1n) is 9.07. The fraction of sp³-hybridized carbons (Fsp3) is 0.136. The number of esters is 1. The summed E-state index contributed by atoms with van der Waals surface area (Å²) >= 11 is 1.37. The molecule has 3 aromatic heterocycles. The molecule has 0 unspecified atom stereocenters. The van der Waals surface area contributed by atoms with Crippen LogP contribution in [-0.4, -0.2) is 15.4 Å². The van der Waals surface area contributed by atoms with Gasteiger partial charge in [0.1, 0.15) is 12.2 Å². The Morgan fingerprint density at radius 2 is 2.00 bits per heavy atom. The number of thiazole rings is 1. The lowest BCUT2D eigenvalue weighted by Crippen LogP contribution is -2.16. The molecule has 0 radical (unpaired) electrons. The van der Waals surface area contributed by atoms with Crippen molar-refractivity contribution >= 4 is 44.0 Å². The van der Waals surface area contributed by atoms with E-state index in [1.807, 2.05) is 55.6 Å². The molecule has 5 aromatic rings. The van der Waals surface area contributed by atoms with Gasteiger partial charge in [0.2, 0.25) is 5.76 Å². The highest BCUT2D eigenvalue weighted by atomic mass is 32.1. The van der Waals surface area contributed by atoms with Crippen LogP contribution in [0.15, 0.2) is 57.1 Å². The topological polar surface area (TPSA) is 73.8 Å². The molecule has 5 rings (SSSR count). The van der Waals surface area contributed by atoms with Gasteiger partial charge in [-0.15, -0.1) is 11.3 Å². The molecule has 0 fully saturated rings. The molecule has 29 heavy (non-hydrogen) atoms. The fourth-order valence-electron chi connectivity index (χ4n) is 3.52. The largest absolute Gasteiger partial charge is 0.453 e. The quantitative estimate of drug-likeness (QED) is 0.410. The normalized spacial score (nSPS) is 11.5. The molecule has 0 bridgehead atoms. The summed E-state index contributed by atoms with van der Waals surface area (Å²) < 4.78 is 12.8. The summed E-state index contributed by atoms with van der Waals surface area (Å²) in [5.74, 6) is -0.409. The summed E-state index contributed by atoms with van der Waals surface area (Å²) in [5.41, 5.74) is 2.44. The van der Waals surface area contributed by atoms with Crippen LogP contribution in [0.4, 0.5) is 0 Å². The zero-order valence-corrected chi connectivity index (χ0v) is 16.6. The number of hydrogen-bond acceptors (Lipinski definition) is 6. The highest BCUT2D eigenvalue weighted by Crippen LogP contribution is 2.32. The minimum atomic E-state index is -0.577. The third kappa shape index (κ3) is 2.82. The molecule has 2 aromatic carbocycles. The number of carbonyl (C=O) groups is 1. The highest BCUT2D eigenvalue weighted by molar-refractivity contribution is 7.15. The van der Waals surface area contributed by atoms with Crippen LogP contribution in [0.1, 0.15) is 27.5 Å². The first kappa shape index (κ1) is 17.6. The molecule has 7 heteroatoms.